The van der Waals surface area contributed by atoms with Crippen LogP contribution in [0.5, 0.6) is 0 Å². The summed E-state index contributed by atoms with van der Waals surface area (Å²) in [7, 11) is 0. The number of carbonyl (C=O) groups is 1. The Hall–Kier alpha value is -4.26. The van der Waals surface area contributed by atoms with Gasteiger partial charge in [0.1, 0.15) is 11.4 Å². The van der Waals surface area contributed by atoms with Gasteiger partial charge in [0.15, 0.2) is 23.6 Å². The van der Waals surface area contributed by atoms with Gasteiger partial charge in [0.25, 0.3) is 5.91 Å². The van der Waals surface area contributed by atoms with Gasteiger partial charge in [-0.05, 0) is 19.4 Å². The smallest absolute Gasteiger partial charge is 0.293 e. The number of nitrogen functional groups attached to an aromatic ring is 1. The van der Waals surface area contributed by atoms with Gasteiger partial charge in [-0.1, -0.05) is 18.2 Å². The predicted molar refractivity (Wildman–Crippen MR) is 106 cm³/mol. The SMILES string of the molecule is Cc1ncoc1-c1c(-c2ccccc2C#N)nc(N)c2nc(C(=O)N3CCC3)nn12. The maximum Gasteiger partial charge on any atom is 0.293 e. The summed E-state index contributed by atoms with van der Waals surface area (Å²) < 4.78 is 7.08. The normalized spacial score (nSPS) is 13.3. The van der Waals surface area contributed by atoms with E-state index in [1.54, 1.807) is 36.1 Å². The molecule has 1 amide bonds. The largest absolute Gasteiger partial charge is 0.441 e. The second-order valence-corrected chi connectivity index (χ2v) is 6.94. The summed E-state index contributed by atoms with van der Waals surface area (Å²) in [4.78, 5) is 27.4. The monoisotopic (exact) mass is 400 g/mol. The van der Waals surface area contributed by atoms with E-state index in [-0.39, 0.29) is 23.2 Å². The first-order valence-corrected chi connectivity index (χ1v) is 9.34. The number of aryl methyl sites for hydroxylation is 1. The average Bonchev–Trinajstić information content (AvgIpc) is 3.33. The third-order valence-electron chi connectivity index (χ3n) is 5.10. The molecule has 3 aromatic heterocycles. The Labute approximate surface area is 170 Å². The number of anilines is 1. The molecule has 4 heterocycles. The Morgan fingerprint density at radius 3 is 2.73 bits per heavy atom. The van der Waals surface area contributed by atoms with Crippen LogP contribution < -0.4 is 5.73 Å². The van der Waals surface area contributed by atoms with Crippen molar-refractivity contribution in [2.24, 2.45) is 0 Å². The van der Waals surface area contributed by atoms with Gasteiger partial charge >= 0.3 is 0 Å². The number of oxazole rings is 1. The Bertz CT molecular complexity index is 1340. The topological polar surface area (TPSA) is 139 Å². The van der Waals surface area contributed by atoms with E-state index < -0.39 is 0 Å². The lowest BCUT2D eigenvalue weighted by molar-refractivity contribution is 0.0639. The van der Waals surface area contributed by atoms with Gasteiger partial charge in [-0.2, -0.15) is 10.2 Å². The first kappa shape index (κ1) is 17.8. The number of rotatable bonds is 3. The maximum atomic E-state index is 12.7. The van der Waals surface area contributed by atoms with Gasteiger partial charge in [-0.25, -0.2) is 14.5 Å². The summed E-state index contributed by atoms with van der Waals surface area (Å²) in [6, 6.07) is 9.19. The van der Waals surface area contributed by atoms with Crippen molar-refractivity contribution in [2.75, 3.05) is 18.8 Å². The molecule has 1 aromatic carbocycles. The zero-order chi connectivity index (χ0) is 20.8. The summed E-state index contributed by atoms with van der Waals surface area (Å²) >= 11 is 0. The Morgan fingerprint density at radius 1 is 1.27 bits per heavy atom. The molecule has 1 saturated heterocycles. The molecule has 0 unspecified atom stereocenters. The molecule has 2 N–H and O–H groups in total. The van der Waals surface area contributed by atoms with E-state index in [2.05, 4.69) is 26.1 Å². The molecule has 0 spiro atoms. The van der Waals surface area contributed by atoms with Crippen molar-refractivity contribution in [2.45, 2.75) is 13.3 Å². The molecule has 1 aliphatic heterocycles. The lowest BCUT2D eigenvalue weighted by atomic mass is 10.0. The number of hydrogen-bond acceptors (Lipinski definition) is 8. The van der Waals surface area contributed by atoms with Crippen molar-refractivity contribution in [3.8, 4) is 28.8 Å². The number of benzene rings is 1. The van der Waals surface area contributed by atoms with Crippen LogP contribution in [-0.2, 0) is 0 Å². The number of carbonyl (C=O) groups excluding carboxylic acids is 1. The number of nitriles is 1. The number of hydrogen-bond donors (Lipinski definition) is 1. The fourth-order valence-corrected chi connectivity index (χ4v) is 3.42. The van der Waals surface area contributed by atoms with Crippen molar-refractivity contribution in [1.82, 2.24) is 29.5 Å². The number of likely N-dealkylation sites (tertiary alicyclic amines) is 1. The molecule has 0 aliphatic carbocycles. The average molecular weight is 400 g/mol. The fourth-order valence-electron chi connectivity index (χ4n) is 3.42. The molecule has 0 atom stereocenters. The highest BCUT2D eigenvalue weighted by molar-refractivity contribution is 5.92. The van der Waals surface area contributed by atoms with Crippen LogP contribution >= 0.6 is 0 Å². The molecule has 0 saturated carbocycles. The van der Waals surface area contributed by atoms with Gasteiger partial charge in [0.2, 0.25) is 5.82 Å². The predicted octanol–water partition coefficient (Wildman–Crippen LogP) is 2.05. The minimum absolute atomic E-state index is 0.0346. The quantitative estimate of drug-likeness (QED) is 0.551. The number of fused-ring (bicyclic) bond motifs is 1. The van der Waals surface area contributed by atoms with E-state index in [0.29, 0.717) is 47.1 Å². The molecule has 1 fully saturated rings. The molecule has 10 heteroatoms. The Morgan fingerprint density at radius 2 is 2.07 bits per heavy atom. The van der Waals surface area contributed by atoms with Crippen LogP contribution in [0.25, 0.3) is 28.4 Å². The fraction of sp³-hybridized carbons (Fsp3) is 0.200. The summed E-state index contributed by atoms with van der Waals surface area (Å²) in [5.41, 5.74) is 8.83. The molecule has 1 aliphatic rings. The highest BCUT2D eigenvalue weighted by Crippen LogP contribution is 2.35. The zero-order valence-electron chi connectivity index (χ0n) is 16.0. The van der Waals surface area contributed by atoms with E-state index in [1.165, 1.54) is 10.9 Å². The van der Waals surface area contributed by atoms with E-state index >= 15 is 0 Å². The molecule has 30 heavy (non-hydrogen) atoms. The number of aromatic nitrogens is 5. The summed E-state index contributed by atoms with van der Waals surface area (Å²) in [6.07, 6.45) is 2.27. The van der Waals surface area contributed by atoms with Crippen molar-refractivity contribution in [1.29, 1.82) is 5.26 Å². The summed E-state index contributed by atoms with van der Waals surface area (Å²) in [5, 5.41) is 14.0. The molecule has 10 nitrogen and oxygen atoms in total. The number of nitrogens with zero attached hydrogens (tertiary/aromatic N) is 7. The molecule has 0 radical (unpaired) electrons. The van der Waals surface area contributed by atoms with Crippen LogP contribution in [0.2, 0.25) is 0 Å². The van der Waals surface area contributed by atoms with Crippen LogP contribution in [0.4, 0.5) is 5.82 Å². The van der Waals surface area contributed by atoms with Gasteiger partial charge in [-0.3, -0.25) is 4.79 Å². The maximum absolute atomic E-state index is 12.7. The highest BCUT2D eigenvalue weighted by Gasteiger charge is 2.29. The number of amides is 1. The van der Waals surface area contributed by atoms with E-state index in [9.17, 15) is 10.1 Å². The Balaban J connectivity index is 1.83. The standard InChI is InChI=1S/C20H16N8O2/c1-11-16(30-10-23-11)15-14(13-6-3-2-5-12(13)9-21)24-17(22)19-25-18(26-28(15)19)20(29)27-7-4-8-27/h2-3,5-6,10H,4,7-8H2,1H3,(H2,22,24). The van der Waals surface area contributed by atoms with Crippen LogP contribution in [0.3, 0.4) is 0 Å². The van der Waals surface area contributed by atoms with Gasteiger partial charge in [0.05, 0.1) is 17.3 Å². The molecule has 148 valence electrons. The van der Waals surface area contributed by atoms with E-state index in [1.807, 2.05) is 0 Å². The van der Waals surface area contributed by atoms with E-state index in [4.69, 9.17) is 10.2 Å². The summed E-state index contributed by atoms with van der Waals surface area (Å²) in [5.74, 6) is 0.271. The minimum Gasteiger partial charge on any atom is -0.441 e. The molecular weight excluding hydrogens is 384 g/mol. The number of nitrogens with two attached hydrogens (primary N) is 1. The second kappa shape index (κ2) is 6.66. The third kappa shape index (κ3) is 2.60. The van der Waals surface area contributed by atoms with Gasteiger partial charge in [-0.15, -0.1) is 5.10 Å². The van der Waals surface area contributed by atoms with Crippen LogP contribution in [-0.4, -0.2) is 48.5 Å². The zero-order valence-corrected chi connectivity index (χ0v) is 16.0. The molecular formula is C20H16N8O2. The van der Waals surface area contributed by atoms with Crippen LogP contribution in [0, 0.1) is 18.3 Å². The van der Waals surface area contributed by atoms with Crippen LogP contribution in [0.1, 0.15) is 28.3 Å². The first-order valence-electron chi connectivity index (χ1n) is 9.34. The van der Waals surface area contributed by atoms with Crippen molar-refractivity contribution in [3.05, 3.63) is 47.7 Å². The van der Waals surface area contributed by atoms with Crippen molar-refractivity contribution in [3.63, 3.8) is 0 Å². The van der Waals surface area contributed by atoms with Crippen molar-refractivity contribution >= 4 is 17.4 Å². The lowest BCUT2D eigenvalue weighted by Crippen LogP contribution is -2.42. The van der Waals surface area contributed by atoms with Gasteiger partial charge in [0, 0.05) is 18.7 Å². The minimum atomic E-state index is -0.261. The first-order chi connectivity index (χ1) is 14.6. The third-order valence-corrected chi connectivity index (χ3v) is 5.10. The highest BCUT2D eigenvalue weighted by atomic mass is 16.3. The molecule has 4 aromatic rings. The Kier molecular flexibility index (Phi) is 3.96. The molecule has 0 bridgehead atoms. The molecule has 5 rings (SSSR count). The van der Waals surface area contributed by atoms with Crippen LogP contribution in [0.15, 0.2) is 35.1 Å². The lowest BCUT2D eigenvalue weighted by Gasteiger charge is -2.29. The second-order valence-electron chi connectivity index (χ2n) is 6.94. The van der Waals surface area contributed by atoms with E-state index in [0.717, 1.165) is 6.42 Å². The summed E-state index contributed by atoms with van der Waals surface area (Å²) in [6.45, 7) is 3.14. The van der Waals surface area contributed by atoms with Crippen molar-refractivity contribution < 1.29 is 9.21 Å². The van der Waals surface area contributed by atoms with Gasteiger partial charge < -0.3 is 15.1 Å².